The van der Waals surface area contributed by atoms with Crippen molar-refractivity contribution in [2.24, 2.45) is 10.8 Å². The van der Waals surface area contributed by atoms with E-state index in [1.807, 2.05) is 42.5 Å². The van der Waals surface area contributed by atoms with E-state index in [4.69, 9.17) is 4.98 Å². The number of nitrogens with zero attached hydrogens (tertiary/aromatic N) is 4. The van der Waals surface area contributed by atoms with Gasteiger partial charge in [-0.25, -0.2) is 4.98 Å². The monoisotopic (exact) mass is 412 g/mol. The van der Waals surface area contributed by atoms with Gasteiger partial charge in [0.25, 0.3) is 5.56 Å². The summed E-state index contributed by atoms with van der Waals surface area (Å²) in [5.74, 6) is 0.555. The lowest BCUT2D eigenvalue weighted by molar-refractivity contribution is 0.136. The minimum Gasteiger partial charge on any atom is -0.348 e. The molecular formula is C26H28N4O. The van der Waals surface area contributed by atoms with Crippen LogP contribution in [0, 0.1) is 22.2 Å². The second kappa shape index (κ2) is 6.95. The van der Waals surface area contributed by atoms with Crippen LogP contribution in [0.1, 0.15) is 51.2 Å². The molecule has 158 valence electrons. The van der Waals surface area contributed by atoms with Gasteiger partial charge in [0.05, 0.1) is 29.2 Å². The summed E-state index contributed by atoms with van der Waals surface area (Å²) in [5, 5.41) is 9.53. The maximum atomic E-state index is 13.8. The fraction of sp³-hybridized carbons (Fsp3) is 0.423. The summed E-state index contributed by atoms with van der Waals surface area (Å²) < 4.78 is 1.80. The smallest absolute Gasteiger partial charge is 0.294 e. The number of benzene rings is 2. The second-order valence-corrected chi connectivity index (χ2v) is 10.4. The molecule has 1 aromatic heterocycles. The van der Waals surface area contributed by atoms with Crippen molar-refractivity contribution in [1.29, 1.82) is 5.26 Å². The fourth-order valence-electron chi connectivity index (χ4n) is 6.17. The van der Waals surface area contributed by atoms with Crippen molar-refractivity contribution in [1.82, 2.24) is 9.55 Å². The van der Waals surface area contributed by atoms with Crippen LogP contribution in [0.15, 0.2) is 53.3 Å². The maximum absolute atomic E-state index is 13.8. The molecule has 5 rings (SSSR count). The van der Waals surface area contributed by atoms with E-state index in [1.54, 1.807) is 10.6 Å². The van der Waals surface area contributed by atoms with Crippen LogP contribution in [0.4, 0.5) is 5.82 Å². The predicted molar refractivity (Wildman–Crippen MR) is 123 cm³/mol. The summed E-state index contributed by atoms with van der Waals surface area (Å²) in [6, 6.07) is 17.9. The highest BCUT2D eigenvalue weighted by Crippen LogP contribution is 2.52. The highest BCUT2D eigenvalue weighted by Gasteiger charge is 2.50. The minimum absolute atomic E-state index is 0.0691. The van der Waals surface area contributed by atoms with Gasteiger partial charge in [-0.05, 0) is 53.9 Å². The van der Waals surface area contributed by atoms with Gasteiger partial charge in [-0.15, -0.1) is 0 Å². The van der Waals surface area contributed by atoms with Crippen molar-refractivity contribution in [2.45, 2.75) is 52.6 Å². The third-order valence-corrected chi connectivity index (χ3v) is 6.99. The Balaban J connectivity index is 1.65. The minimum atomic E-state index is -0.0691. The van der Waals surface area contributed by atoms with Crippen molar-refractivity contribution in [3.63, 3.8) is 0 Å². The molecule has 1 saturated carbocycles. The van der Waals surface area contributed by atoms with Crippen molar-refractivity contribution in [3.8, 4) is 6.07 Å². The quantitative estimate of drug-likeness (QED) is 0.624. The molecule has 2 bridgehead atoms. The van der Waals surface area contributed by atoms with Gasteiger partial charge in [-0.3, -0.25) is 9.36 Å². The number of para-hydroxylation sites is 2. The summed E-state index contributed by atoms with van der Waals surface area (Å²) in [5.41, 5.74) is 3.49. The van der Waals surface area contributed by atoms with Crippen molar-refractivity contribution in [3.05, 3.63) is 70.0 Å². The topological polar surface area (TPSA) is 61.9 Å². The molecule has 2 aliphatic rings. The lowest BCUT2D eigenvalue weighted by Gasteiger charge is -2.39. The summed E-state index contributed by atoms with van der Waals surface area (Å²) in [4.78, 5) is 20.9. The average Bonchev–Trinajstić information content (AvgIpc) is 2.98. The molecule has 1 aliphatic carbocycles. The molecule has 0 N–H and O–H groups in total. The first kappa shape index (κ1) is 19.8. The van der Waals surface area contributed by atoms with Crippen molar-refractivity contribution in [2.75, 3.05) is 11.4 Å². The van der Waals surface area contributed by atoms with Crippen molar-refractivity contribution >= 4 is 16.9 Å². The third-order valence-electron chi connectivity index (χ3n) is 6.99. The van der Waals surface area contributed by atoms with E-state index in [0.29, 0.717) is 24.0 Å². The Morgan fingerprint density at radius 3 is 2.65 bits per heavy atom. The summed E-state index contributed by atoms with van der Waals surface area (Å²) in [6.07, 6.45) is 3.36. The molecule has 2 atom stereocenters. The van der Waals surface area contributed by atoms with Gasteiger partial charge >= 0.3 is 0 Å². The summed E-state index contributed by atoms with van der Waals surface area (Å²) in [7, 11) is 0. The zero-order valence-electron chi connectivity index (χ0n) is 18.4. The Labute approximate surface area is 183 Å². The Morgan fingerprint density at radius 2 is 1.84 bits per heavy atom. The number of hydrogen-bond donors (Lipinski definition) is 0. The Morgan fingerprint density at radius 1 is 1.10 bits per heavy atom. The van der Waals surface area contributed by atoms with Gasteiger partial charge in [0.1, 0.15) is 0 Å². The Bertz CT molecular complexity index is 1270. The summed E-state index contributed by atoms with van der Waals surface area (Å²) in [6.45, 7) is 8.26. The standard InChI is InChI=1S/C26H28N4O/c1-25(2)12-20-13-26(3,16-25)17-30(20)23-24(31)29(22-11-7-6-10-21(22)28-23)15-19-9-5-4-8-18(19)14-27/h4-11,20H,12-13,15-17H2,1-3H3/t20-,26-/m1/s1. The molecule has 2 heterocycles. The number of anilines is 1. The van der Waals surface area contributed by atoms with Crippen LogP contribution in [0.5, 0.6) is 0 Å². The van der Waals surface area contributed by atoms with Gasteiger partial charge in [-0.1, -0.05) is 51.1 Å². The molecule has 5 nitrogen and oxygen atoms in total. The first-order chi connectivity index (χ1) is 14.8. The van der Waals surface area contributed by atoms with Crippen molar-refractivity contribution < 1.29 is 0 Å². The average molecular weight is 413 g/mol. The molecule has 0 radical (unpaired) electrons. The zero-order valence-corrected chi connectivity index (χ0v) is 18.4. The number of nitriles is 1. The number of rotatable bonds is 3. The zero-order chi connectivity index (χ0) is 21.8. The molecule has 1 saturated heterocycles. The van der Waals surface area contributed by atoms with E-state index in [9.17, 15) is 10.1 Å². The van der Waals surface area contributed by atoms with Crippen LogP contribution in [0.2, 0.25) is 0 Å². The summed E-state index contributed by atoms with van der Waals surface area (Å²) >= 11 is 0. The molecule has 5 heteroatoms. The van der Waals surface area contributed by atoms with Crippen LogP contribution in [0.25, 0.3) is 11.0 Å². The predicted octanol–water partition coefficient (Wildman–Crippen LogP) is 4.72. The number of hydrogen-bond acceptors (Lipinski definition) is 4. The molecule has 0 spiro atoms. The number of fused-ring (bicyclic) bond motifs is 3. The highest BCUT2D eigenvalue weighted by atomic mass is 16.1. The van der Waals surface area contributed by atoms with Crippen LogP contribution >= 0.6 is 0 Å². The first-order valence-electron chi connectivity index (χ1n) is 11.0. The fourth-order valence-corrected chi connectivity index (χ4v) is 6.17. The normalized spacial score (nSPS) is 24.3. The maximum Gasteiger partial charge on any atom is 0.294 e. The van der Waals surface area contributed by atoms with Gasteiger partial charge in [0.15, 0.2) is 5.82 Å². The molecule has 2 aromatic carbocycles. The molecular weight excluding hydrogens is 384 g/mol. The molecule has 31 heavy (non-hydrogen) atoms. The van der Waals surface area contributed by atoms with E-state index >= 15 is 0 Å². The SMILES string of the molecule is CC1(C)C[C@@H]2C[C@@](C)(CN2c2nc3ccccc3n(Cc3ccccc3C#N)c2=O)C1. The number of aromatic nitrogens is 2. The van der Waals surface area contributed by atoms with E-state index in [-0.39, 0.29) is 16.4 Å². The molecule has 2 fully saturated rings. The molecule has 0 amide bonds. The van der Waals surface area contributed by atoms with E-state index in [1.165, 1.54) is 6.42 Å². The lowest BCUT2D eigenvalue weighted by Crippen LogP contribution is -2.38. The van der Waals surface area contributed by atoms with Gasteiger partial charge in [-0.2, -0.15) is 5.26 Å². The Hall–Kier alpha value is -3.13. The van der Waals surface area contributed by atoms with Gasteiger partial charge in [0, 0.05) is 12.6 Å². The van der Waals surface area contributed by atoms with Gasteiger partial charge < -0.3 is 4.90 Å². The molecule has 0 unspecified atom stereocenters. The third kappa shape index (κ3) is 3.40. The van der Waals surface area contributed by atoms with E-state index in [2.05, 4.69) is 31.7 Å². The van der Waals surface area contributed by atoms with Gasteiger partial charge in [0.2, 0.25) is 0 Å². The van der Waals surface area contributed by atoms with E-state index < -0.39 is 0 Å². The second-order valence-electron chi connectivity index (χ2n) is 10.4. The molecule has 3 aromatic rings. The largest absolute Gasteiger partial charge is 0.348 e. The van der Waals surface area contributed by atoms with Crippen LogP contribution in [-0.4, -0.2) is 22.1 Å². The molecule has 1 aliphatic heterocycles. The van der Waals surface area contributed by atoms with Crippen LogP contribution < -0.4 is 10.5 Å². The van der Waals surface area contributed by atoms with E-state index in [0.717, 1.165) is 36.0 Å². The van der Waals surface area contributed by atoms with Crippen LogP contribution in [0.3, 0.4) is 0 Å². The Kier molecular flexibility index (Phi) is 4.44. The van der Waals surface area contributed by atoms with Crippen LogP contribution in [-0.2, 0) is 6.54 Å². The first-order valence-corrected chi connectivity index (χ1v) is 11.0. The highest BCUT2D eigenvalue weighted by molar-refractivity contribution is 5.76. The lowest BCUT2D eigenvalue weighted by atomic mass is 9.65.